The van der Waals surface area contributed by atoms with Crippen LogP contribution >= 0.6 is 12.2 Å². The zero-order valence-corrected chi connectivity index (χ0v) is 15.4. The number of para-hydroxylation sites is 1. The molecular formula is C19H22N2O2S. The largest absolute Gasteiger partial charge is 0.496 e. The van der Waals surface area contributed by atoms with E-state index in [2.05, 4.69) is 22.8 Å². The Morgan fingerprint density at radius 1 is 1.04 bits per heavy atom. The van der Waals surface area contributed by atoms with Crippen LogP contribution in [0.5, 0.6) is 5.75 Å². The highest BCUT2D eigenvalue weighted by molar-refractivity contribution is 7.80. The fourth-order valence-corrected chi connectivity index (χ4v) is 2.99. The highest BCUT2D eigenvalue weighted by Gasteiger charge is 2.15. The minimum absolute atomic E-state index is 0.263. The van der Waals surface area contributed by atoms with Crippen molar-refractivity contribution < 1.29 is 9.53 Å². The second-order valence-electron chi connectivity index (χ2n) is 5.84. The van der Waals surface area contributed by atoms with E-state index in [4.69, 9.17) is 17.0 Å². The lowest BCUT2D eigenvalue weighted by atomic mass is 10.1. The molecule has 126 valence electrons. The minimum Gasteiger partial charge on any atom is -0.496 e. The summed E-state index contributed by atoms with van der Waals surface area (Å²) in [6.07, 6.45) is 0. The molecule has 5 heteroatoms. The fourth-order valence-electron chi connectivity index (χ4n) is 2.79. The third-order valence-corrected chi connectivity index (χ3v) is 4.01. The summed E-state index contributed by atoms with van der Waals surface area (Å²) in [6, 6.07) is 9.57. The van der Waals surface area contributed by atoms with Crippen LogP contribution in [-0.2, 0) is 0 Å². The molecule has 0 aromatic heterocycles. The first-order valence-electron chi connectivity index (χ1n) is 7.67. The number of carbonyl (C=O) groups excluding carboxylic acids is 1. The van der Waals surface area contributed by atoms with E-state index in [1.165, 1.54) is 5.56 Å². The van der Waals surface area contributed by atoms with Crippen LogP contribution in [0.2, 0.25) is 0 Å². The molecule has 0 unspecified atom stereocenters. The van der Waals surface area contributed by atoms with Gasteiger partial charge in [0.05, 0.1) is 12.7 Å². The van der Waals surface area contributed by atoms with Crippen LogP contribution < -0.4 is 15.4 Å². The third kappa shape index (κ3) is 3.92. The van der Waals surface area contributed by atoms with Crippen LogP contribution in [0.25, 0.3) is 0 Å². The average molecular weight is 342 g/mol. The quantitative estimate of drug-likeness (QED) is 0.826. The molecule has 0 saturated carbocycles. The van der Waals surface area contributed by atoms with Crippen LogP contribution in [0.1, 0.15) is 32.6 Å². The molecule has 24 heavy (non-hydrogen) atoms. The van der Waals surface area contributed by atoms with E-state index < -0.39 is 0 Å². The lowest BCUT2D eigenvalue weighted by molar-refractivity contribution is 0.0974. The van der Waals surface area contributed by atoms with Gasteiger partial charge in [0.1, 0.15) is 5.75 Å². The molecule has 0 heterocycles. The van der Waals surface area contributed by atoms with E-state index >= 15 is 0 Å². The molecule has 0 atom stereocenters. The van der Waals surface area contributed by atoms with E-state index in [1.54, 1.807) is 13.2 Å². The summed E-state index contributed by atoms with van der Waals surface area (Å²) in [6.45, 7) is 7.96. The van der Waals surface area contributed by atoms with Gasteiger partial charge in [-0.05, 0) is 62.7 Å². The molecule has 2 aromatic carbocycles. The second-order valence-corrected chi connectivity index (χ2v) is 6.25. The maximum atomic E-state index is 12.5. The highest BCUT2D eigenvalue weighted by atomic mass is 32.1. The van der Waals surface area contributed by atoms with Crippen molar-refractivity contribution in [2.45, 2.75) is 27.7 Å². The van der Waals surface area contributed by atoms with Crippen molar-refractivity contribution in [1.82, 2.24) is 5.32 Å². The summed E-state index contributed by atoms with van der Waals surface area (Å²) in [5, 5.41) is 6.10. The molecule has 0 aliphatic carbocycles. The first-order chi connectivity index (χ1) is 11.3. The van der Waals surface area contributed by atoms with Gasteiger partial charge in [0, 0.05) is 5.69 Å². The number of nitrogens with one attached hydrogen (secondary N) is 2. The Kier molecular flexibility index (Phi) is 5.57. The van der Waals surface area contributed by atoms with Gasteiger partial charge in [0.15, 0.2) is 5.11 Å². The van der Waals surface area contributed by atoms with Gasteiger partial charge in [0.2, 0.25) is 0 Å². The topological polar surface area (TPSA) is 50.4 Å². The summed E-state index contributed by atoms with van der Waals surface area (Å²) in [4.78, 5) is 12.5. The number of thiocarbonyl (C=S) groups is 1. The van der Waals surface area contributed by atoms with E-state index in [9.17, 15) is 4.79 Å². The number of amides is 1. The Bertz CT molecular complexity index is 777. The Balaban J connectivity index is 2.16. The second kappa shape index (κ2) is 7.45. The number of aryl methyl sites for hydroxylation is 4. The summed E-state index contributed by atoms with van der Waals surface area (Å²) in [7, 11) is 1.55. The summed E-state index contributed by atoms with van der Waals surface area (Å²) >= 11 is 5.29. The van der Waals surface area contributed by atoms with Crippen molar-refractivity contribution in [3.05, 3.63) is 58.1 Å². The van der Waals surface area contributed by atoms with Gasteiger partial charge < -0.3 is 10.1 Å². The zero-order chi connectivity index (χ0) is 17.9. The first-order valence-corrected chi connectivity index (χ1v) is 8.08. The van der Waals surface area contributed by atoms with Gasteiger partial charge in [0.25, 0.3) is 5.91 Å². The van der Waals surface area contributed by atoms with Crippen LogP contribution in [0.15, 0.2) is 30.3 Å². The number of rotatable bonds is 3. The molecule has 2 N–H and O–H groups in total. The summed E-state index contributed by atoms with van der Waals surface area (Å²) in [5.41, 5.74) is 5.62. The summed E-state index contributed by atoms with van der Waals surface area (Å²) < 4.78 is 5.32. The molecule has 4 nitrogen and oxygen atoms in total. The van der Waals surface area contributed by atoms with Crippen molar-refractivity contribution in [3.63, 3.8) is 0 Å². The van der Waals surface area contributed by atoms with Gasteiger partial charge in [-0.1, -0.05) is 29.8 Å². The molecule has 2 aromatic rings. The number of methoxy groups -OCH3 is 1. The Morgan fingerprint density at radius 3 is 2.25 bits per heavy atom. The summed E-state index contributed by atoms with van der Waals surface area (Å²) in [5.74, 6) is 0.260. The standard InChI is InChI=1S/C19H22N2O2S/c1-11-9-13(3)16(14(4)10-11)20-19(24)21-18(22)15-8-6-7-12(2)17(15)23-5/h6-10H,1-5H3,(H2,20,21,22,24). The van der Waals surface area contributed by atoms with Crippen LogP contribution in [0.3, 0.4) is 0 Å². The molecule has 0 aliphatic heterocycles. The molecule has 1 amide bonds. The van der Waals surface area contributed by atoms with Gasteiger partial charge in [-0.25, -0.2) is 0 Å². The molecule has 0 fully saturated rings. The Morgan fingerprint density at radius 2 is 1.67 bits per heavy atom. The number of ether oxygens (including phenoxy) is 1. The number of hydrogen-bond acceptors (Lipinski definition) is 3. The van der Waals surface area contributed by atoms with E-state index in [0.29, 0.717) is 11.3 Å². The fraction of sp³-hybridized carbons (Fsp3) is 0.263. The van der Waals surface area contributed by atoms with Crippen molar-refractivity contribution in [1.29, 1.82) is 0 Å². The number of anilines is 1. The number of hydrogen-bond donors (Lipinski definition) is 2. The maximum Gasteiger partial charge on any atom is 0.261 e. The molecule has 0 spiro atoms. The van der Waals surface area contributed by atoms with Crippen molar-refractivity contribution >= 4 is 28.9 Å². The van der Waals surface area contributed by atoms with Crippen molar-refractivity contribution in [2.24, 2.45) is 0 Å². The van der Waals surface area contributed by atoms with Gasteiger partial charge in [-0.2, -0.15) is 0 Å². The third-order valence-electron chi connectivity index (χ3n) is 3.80. The Hall–Kier alpha value is -2.40. The lowest BCUT2D eigenvalue weighted by Crippen LogP contribution is -2.34. The van der Waals surface area contributed by atoms with E-state index in [1.807, 2.05) is 39.8 Å². The first kappa shape index (κ1) is 17.9. The molecule has 0 aliphatic rings. The molecule has 0 saturated heterocycles. The lowest BCUT2D eigenvalue weighted by Gasteiger charge is -2.16. The van der Waals surface area contributed by atoms with Gasteiger partial charge >= 0.3 is 0 Å². The molecule has 2 rings (SSSR count). The number of benzene rings is 2. The SMILES string of the molecule is COc1c(C)cccc1C(=O)NC(=S)Nc1c(C)cc(C)cc1C. The molecule has 0 radical (unpaired) electrons. The van der Waals surface area contributed by atoms with Crippen LogP contribution in [0.4, 0.5) is 5.69 Å². The van der Waals surface area contributed by atoms with Crippen LogP contribution in [0, 0.1) is 27.7 Å². The average Bonchev–Trinajstić information content (AvgIpc) is 2.50. The predicted molar refractivity (Wildman–Crippen MR) is 102 cm³/mol. The smallest absolute Gasteiger partial charge is 0.261 e. The van der Waals surface area contributed by atoms with Gasteiger partial charge in [-0.15, -0.1) is 0 Å². The molecule has 0 bridgehead atoms. The van der Waals surface area contributed by atoms with Crippen molar-refractivity contribution in [2.75, 3.05) is 12.4 Å². The van der Waals surface area contributed by atoms with Gasteiger partial charge in [-0.3, -0.25) is 10.1 Å². The minimum atomic E-state index is -0.296. The zero-order valence-electron chi connectivity index (χ0n) is 14.6. The Labute approximate surface area is 148 Å². The monoisotopic (exact) mass is 342 g/mol. The van der Waals surface area contributed by atoms with Crippen molar-refractivity contribution in [3.8, 4) is 5.75 Å². The normalized spacial score (nSPS) is 10.2. The molecular weight excluding hydrogens is 320 g/mol. The van der Waals surface area contributed by atoms with E-state index in [0.717, 1.165) is 22.4 Å². The van der Waals surface area contributed by atoms with Crippen LogP contribution in [-0.4, -0.2) is 18.1 Å². The van der Waals surface area contributed by atoms with E-state index in [-0.39, 0.29) is 11.0 Å². The predicted octanol–water partition coefficient (Wildman–Crippen LogP) is 4.06. The highest BCUT2D eigenvalue weighted by Crippen LogP contribution is 2.24. The maximum absolute atomic E-state index is 12.5. The number of carbonyl (C=O) groups is 1.